The molecule has 0 spiro atoms. The van der Waals surface area contributed by atoms with Gasteiger partial charge in [-0.05, 0) is 35.4 Å². The third-order valence-electron chi connectivity index (χ3n) is 4.52. The average Bonchev–Trinajstić information content (AvgIpc) is 2.72. The van der Waals surface area contributed by atoms with Crippen molar-refractivity contribution in [2.75, 3.05) is 37.7 Å². The number of hydrogen-bond donors (Lipinski definition) is 0. The summed E-state index contributed by atoms with van der Waals surface area (Å²) in [6, 6.07) is 9.62. The van der Waals surface area contributed by atoms with Gasteiger partial charge in [0.25, 0.3) is 5.91 Å². The van der Waals surface area contributed by atoms with Gasteiger partial charge in [-0.1, -0.05) is 31.4 Å². The highest BCUT2D eigenvalue weighted by atomic mass is 16.5. The van der Waals surface area contributed by atoms with Crippen LogP contribution < -0.4 is 9.64 Å². The van der Waals surface area contributed by atoms with Crippen molar-refractivity contribution in [1.29, 1.82) is 0 Å². The van der Waals surface area contributed by atoms with Crippen LogP contribution in [0.2, 0.25) is 0 Å². The van der Waals surface area contributed by atoms with E-state index in [0.717, 1.165) is 29.9 Å². The molecule has 1 saturated heterocycles. The molecule has 0 bridgehead atoms. The molecule has 5 nitrogen and oxygen atoms in total. The fraction of sp³-hybridized carbons (Fsp3) is 0.238. The van der Waals surface area contributed by atoms with Gasteiger partial charge in [0.05, 0.1) is 0 Å². The minimum absolute atomic E-state index is 0.00679. The lowest BCUT2D eigenvalue weighted by molar-refractivity contribution is -0.133. The quantitative estimate of drug-likeness (QED) is 0.804. The van der Waals surface area contributed by atoms with Gasteiger partial charge in [0, 0.05) is 44.3 Å². The summed E-state index contributed by atoms with van der Waals surface area (Å²) in [5.74, 6) is 0.668. The van der Waals surface area contributed by atoms with Crippen LogP contribution >= 0.6 is 0 Å². The van der Waals surface area contributed by atoms with Crippen LogP contribution in [0.15, 0.2) is 55.9 Å². The van der Waals surface area contributed by atoms with E-state index in [1.807, 2.05) is 35.2 Å². The van der Waals surface area contributed by atoms with Gasteiger partial charge in [-0.3, -0.25) is 9.78 Å². The first-order valence-electron chi connectivity index (χ1n) is 8.65. The standard InChI is InChI=1S/C21H23N3O2/c1-3-17-5-6-20(15-18(17)4-2)26-16-21(25)24-13-11-23(12-14-24)19-7-9-22-10-8-19/h3-10,15H,1-2,11-14,16H2. The van der Waals surface area contributed by atoms with Gasteiger partial charge in [0.15, 0.2) is 6.61 Å². The van der Waals surface area contributed by atoms with E-state index in [2.05, 4.69) is 23.0 Å². The van der Waals surface area contributed by atoms with E-state index in [0.29, 0.717) is 18.8 Å². The van der Waals surface area contributed by atoms with Crippen LogP contribution in [0, 0.1) is 0 Å². The number of piperazine rings is 1. The first kappa shape index (κ1) is 17.7. The Morgan fingerprint density at radius 3 is 2.38 bits per heavy atom. The molecule has 5 heteroatoms. The maximum absolute atomic E-state index is 12.4. The van der Waals surface area contributed by atoms with Crippen molar-refractivity contribution in [1.82, 2.24) is 9.88 Å². The molecule has 1 aromatic carbocycles. The van der Waals surface area contributed by atoms with E-state index in [4.69, 9.17) is 4.74 Å². The van der Waals surface area contributed by atoms with E-state index in [9.17, 15) is 4.79 Å². The number of ether oxygens (including phenoxy) is 1. The van der Waals surface area contributed by atoms with Gasteiger partial charge in [0.2, 0.25) is 0 Å². The zero-order valence-electron chi connectivity index (χ0n) is 14.8. The second-order valence-corrected chi connectivity index (χ2v) is 6.06. The Labute approximate surface area is 154 Å². The summed E-state index contributed by atoms with van der Waals surface area (Å²) in [4.78, 5) is 20.6. The van der Waals surface area contributed by atoms with Crippen LogP contribution in [-0.2, 0) is 4.79 Å². The third kappa shape index (κ3) is 4.11. The Kier molecular flexibility index (Phi) is 5.69. The van der Waals surface area contributed by atoms with Crippen LogP contribution in [0.3, 0.4) is 0 Å². The molecule has 26 heavy (non-hydrogen) atoms. The van der Waals surface area contributed by atoms with Crippen LogP contribution in [0.5, 0.6) is 5.75 Å². The predicted octanol–water partition coefficient (Wildman–Crippen LogP) is 3.10. The van der Waals surface area contributed by atoms with Crippen molar-refractivity contribution in [3.05, 3.63) is 67.0 Å². The molecule has 3 rings (SSSR count). The van der Waals surface area contributed by atoms with E-state index in [1.165, 1.54) is 0 Å². The lowest BCUT2D eigenvalue weighted by Crippen LogP contribution is -2.50. The van der Waals surface area contributed by atoms with E-state index >= 15 is 0 Å². The topological polar surface area (TPSA) is 45.7 Å². The summed E-state index contributed by atoms with van der Waals surface area (Å²) in [5, 5.41) is 0. The number of rotatable bonds is 6. The molecule has 0 aliphatic carbocycles. The number of pyridine rings is 1. The molecule has 0 radical (unpaired) electrons. The molecule has 0 saturated carbocycles. The zero-order valence-corrected chi connectivity index (χ0v) is 14.8. The number of carbonyl (C=O) groups is 1. The van der Waals surface area contributed by atoms with Gasteiger partial charge in [0.1, 0.15) is 5.75 Å². The zero-order chi connectivity index (χ0) is 18.4. The number of carbonyl (C=O) groups excluding carboxylic acids is 1. The summed E-state index contributed by atoms with van der Waals surface area (Å²) in [5.41, 5.74) is 3.07. The maximum atomic E-state index is 12.4. The molecule has 1 aliphatic rings. The van der Waals surface area contributed by atoms with Crippen LogP contribution in [0.1, 0.15) is 11.1 Å². The monoisotopic (exact) mass is 349 g/mol. The fourth-order valence-corrected chi connectivity index (χ4v) is 3.01. The van der Waals surface area contributed by atoms with Gasteiger partial charge in [-0.25, -0.2) is 0 Å². The van der Waals surface area contributed by atoms with E-state index < -0.39 is 0 Å². The summed E-state index contributed by atoms with van der Waals surface area (Å²) in [6.45, 7) is 10.6. The molecule has 2 aromatic rings. The van der Waals surface area contributed by atoms with Crippen molar-refractivity contribution >= 4 is 23.7 Å². The van der Waals surface area contributed by atoms with Crippen LogP contribution in [-0.4, -0.2) is 48.6 Å². The number of nitrogens with zero attached hydrogens (tertiary/aromatic N) is 3. The molecular weight excluding hydrogens is 326 g/mol. The van der Waals surface area contributed by atoms with Crippen molar-refractivity contribution in [3.8, 4) is 5.75 Å². The molecule has 1 fully saturated rings. The number of amides is 1. The number of aromatic nitrogens is 1. The molecule has 1 aromatic heterocycles. The Morgan fingerprint density at radius 1 is 1.04 bits per heavy atom. The van der Waals surface area contributed by atoms with Crippen molar-refractivity contribution in [2.45, 2.75) is 0 Å². The molecule has 1 amide bonds. The molecule has 1 aliphatic heterocycles. The van der Waals surface area contributed by atoms with Crippen LogP contribution in [0.25, 0.3) is 12.2 Å². The van der Waals surface area contributed by atoms with Gasteiger partial charge >= 0.3 is 0 Å². The highest BCUT2D eigenvalue weighted by molar-refractivity contribution is 5.78. The highest BCUT2D eigenvalue weighted by Gasteiger charge is 2.21. The van der Waals surface area contributed by atoms with Crippen LogP contribution in [0.4, 0.5) is 5.69 Å². The largest absolute Gasteiger partial charge is 0.484 e. The molecule has 2 heterocycles. The average molecular weight is 349 g/mol. The molecule has 0 N–H and O–H groups in total. The molecular formula is C21H23N3O2. The second-order valence-electron chi connectivity index (χ2n) is 6.06. The van der Waals surface area contributed by atoms with Crippen molar-refractivity contribution < 1.29 is 9.53 Å². The predicted molar refractivity (Wildman–Crippen MR) is 105 cm³/mol. The Bertz CT molecular complexity index is 781. The molecule has 134 valence electrons. The lowest BCUT2D eigenvalue weighted by Gasteiger charge is -2.36. The summed E-state index contributed by atoms with van der Waals surface area (Å²) in [6.07, 6.45) is 7.10. The lowest BCUT2D eigenvalue weighted by atomic mass is 10.1. The summed E-state index contributed by atoms with van der Waals surface area (Å²) < 4.78 is 5.68. The second kappa shape index (κ2) is 8.34. The van der Waals surface area contributed by atoms with E-state index in [1.54, 1.807) is 24.5 Å². The van der Waals surface area contributed by atoms with E-state index in [-0.39, 0.29) is 12.5 Å². The number of benzene rings is 1. The first-order valence-corrected chi connectivity index (χ1v) is 8.65. The molecule has 0 unspecified atom stereocenters. The van der Waals surface area contributed by atoms with Gasteiger partial charge in [-0.15, -0.1) is 0 Å². The van der Waals surface area contributed by atoms with Gasteiger partial charge < -0.3 is 14.5 Å². The summed E-state index contributed by atoms with van der Waals surface area (Å²) >= 11 is 0. The normalized spacial score (nSPS) is 14.0. The Balaban J connectivity index is 1.52. The highest BCUT2D eigenvalue weighted by Crippen LogP contribution is 2.20. The fourth-order valence-electron chi connectivity index (χ4n) is 3.01. The maximum Gasteiger partial charge on any atom is 0.260 e. The number of hydrogen-bond acceptors (Lipinski definition) is 4. The van der Waals surface area contributed by atoms with Crippen molar-refractivity contribution in [3.63, 3.8) is 0 Å². The minimum atomic E-state index is 0.00679. The minimum Gasteiger partial charge on any atom is -0.484 e. The Morgan fingerprint density at radius 2 is 1.73 bits per heavy atom. The SMILES string of the molecule is C=Cc1ccc(OCC(=O)N2CCN(c3ccncc3)CC2)cc1C=C. The van der Waals surface area contributed by atoms with Gasteiger partial charge in [-0.2, -0.15) is 0 Å². The third-order valence-corrected chi connectivity index (χ3v) is 4.52. The summed E-state index contributed by atoms with van der Waals surface area (Å²) in [7, 11) is 0. The van der Waals surface area contributed by atoms with Crippen molar-refractivity contribution in [2.24, 2.45) is 0 Å². The first-order chi connectivity index (χ1) is 12.7. The number of anilines is 1. The Hall–Kier alpha value is -3.08. The molecule has 0 atom stereocenters. The smallest absolute Gasteiger partial charge is 0.260 e.